The summed E-state index contributed by atoms with van der Waals surface area (Å²) >= 11 is 1.61. The average molecular weight is 310 g/mol. The van der Waals surface area contributed by atoms with E-state index in [1.807, 2.05) is 24.3 Å². The van der Waals surface area contributed by atoms with Crippen molar-refractivity contribution in [1.29, 1.82) is 0 Å². The first-order valence-electron chi connectivity index (χ1n) is 7.14. The van der Waals surface area contributed by atoms with Crippen molar-refractivity contribution >= 4 is 11.8 Å². The molecule has 3 rings (SSSR count). The Bertz CT molecular complexity index is 752. The van der Waals surface area contributed by atoms with Crippen molar-refractivity contribution in [2.45, 2.75) is 24.3 Å². The highest BCUT2D eigenvalue weighted by molar-refractivity contribution is 7.98. The second-order valence-corrected chi connectivity index (χ2v) is 6.09. The molecule has 0 aliphatic heterocycles. The van der Waals surface area contributed by atoms with E-state index in [-0.39, 0.29) is 0 Å². The number of nitrogens with zero attached hydrogens (tertiary/aromatic N) is 3. The van der Waals surface area contributed by atoms with Gasteiger partial charge in [0.15, 0.2) is 5.82 Å². The third-order valence-corrected chi connectivity index (χ3v) is 4.55. The van der Waals surface area contributed by atoms with Gasteiger partial charge in [-0.25, -0.2) is 4.68 Å². The van der Waals surface area contributed by atoms with Gasteiger partial charge in [-0.05, 0) is 23.6 Å². The number of thioether (sulfide) groups is 1. The third kappa shape index (κ3) is 3.31. The Kier molecular flexibility index (Phi) is 4.44. The molecule has 2 aromatic carbocycles. The minimum absolute atomic E-state index is 0.690. The molecule has 112 valence electrons. The van der Waals surface area contributed by atoms with Gasteiger partial charge in [-0.15, -0.1) is 10.2 Å². The Morgan fingerprint density at radius 2 is 1.73 bits per heavy atom. The molecule has 0 saturated carbocycles. The summed E-state index contributed by atoms with van der Waals surface area (Å²) in [4.78, 5) is 0. The molecule has 0 fully saturated rings. The molecule has 4 nitrogen and oxygen atoms in total. The fourth-order valence-electron chi connectivity index (χ4n) is 2.22. The Morgan fingerprint density at radius 1 is 1.00 bits per heavy atom. The van der Waals surface area contributed by atoms with E-state index >= 15 is 0 Å². The predicted octanol–water partition coefficient (Wildman–Crippen LogP) is 3.18. The van der Waals surface area contributed by atoms with E-state index in [2.05, 4.69) is 47.5 Å². The molecule has 0 aliphatic rings. The van der Waals surface area contributed by atoms with Gasteiger partial charge in [-0.1, -0.05) is 66.4 Å². The van der Waals surface area contributed by atoms with E-state index in [1.54, 1.807) is 16.4 Å². The van der Waals surface area contributed by atoms with E-state index in [9.17, 15) is 0 Å². The van der Waals surface area contributed by atoms with Gasteiger partial charge in [-0.3, -0.25) is 0 Å². The summed E-state index contributed by atoms with van der Waals surface area (Å²) in [5.41, 5.74) is 3.75. The Labute approximate surface area is 134 Å². The lowest BCUT2D eigenvalue weighted by molar-refractivity contribution is 0.805. The minimum atomic E-state index is 0.690. The van der Waals surface area contributed by atoms with Gasteiger partial charge in [-0.2, -0.15) is 0 Å². The molecule has 0 saturated heterocycles. The lowest BCUT2D eigenvalue weighted by Crippen LogP contribution is -2.14. The maximum atomic E-state index is 6.12. The number of rotatable bonds is 5. The van der Waals surface area contributed by atoms with Crippen molar-refractivity contribution in [3.05, 3.63) is 77.1 Å². The molecule has 2 N–H and O–H groups in total. The van der Waals surface area contributed by atoms with Gasteiger partial charge in [0.2, 0.25) is 5.16 Å². The highest BCUT2D eigenvalue weighted by Crippen LogP contribution is 2.22. The van der Waals surface area contributed by atoms with Crippen LogP contribution in [0.4, 0.5) is 0 Å². The summed E-state index contributed by atoms with van der Waals surface area (Å²) in [5.74, 6) is 7.74. The van der Waals surface area contributed by atoms with Gasteiger partial charge in [0.25, 0.3) is 0 Å². The lowest BCUT2D eigenvalue weighted by atomic mass is 10.1. The molecule has 0 bridgehead atoms. The molecule has 5 heteroatoms. The summed E-state index contributed by atoms with van der Waals surface area (Å²) in [6.45, 7) is 2.11. The normalized spacial score (nSPS) is 10.8. The van der Waals surface area contributed by atoms with Gasteiger partial charge in [0, 0.05) is 12.2 Å². The SMILES string of the molecule is Cc1ccccc1CSc1nnc(Cc2ccccc2)n1N. The average Bonchev–Trinajstić information content (AvgIpc) is 2.88. The van der Waals surface area contributed by atoms with Gasteiger partial charge >= 0.3 is 0 Å². The van der Waals surface area contributed by atoms with E-state index in [0.29, 0.717) is 6.42 Å². The standard InChI is InChI=1S/C17H18N4S/c1-13-7-5-6-10-15(13)12-22-17-20-19-16(21(17)18)11-14-8-3-2-4-9-14/h2-10H,11-12,18H2,1H3. The molecule has 0 unspecified atom stereocenters. The fraction of sp³-hybridized carbons (Fsp3) is 0.176. The quantitative estimate of drug-likeness (QED) is 0.581. The molecule has 0 atom stereocenters. The molecule has 1 aromatic heterocycles. The molecule has 0 spiro atoms. The van der Waals surface area contributed by atoms with Crippen molar-refractivity contribution in [1.82, 2.24) is 14.9 Å². The van der Waals surface area contributed by atoms with Crippen molar-refractivity contribution in [2.24, 2.45) is 0 Å². The van der Waals surface area contributed by atoms with Crippen LogP contribution in [0.2, 0.25) is 0 Å². The number of hydrogen-bond acceptors (Lipinski definition) is 4. The van der Waals surface area contributed by atoms with E-state index in [1.165, 1.54) is 16.7 Å². The number of aromatic nitrogens is 3. The zero-order valence-corrected chi connectivity index (χ0v) is 13.3. The van der Waals surface area contributed by atoms with Crippen LogP contribution in [0.25, 0.3) is 0 Å². The third-order valence-electron chi connectivity index (χ3n) is 3.56. The number of benzene rings is 2. The predicted molar refractivity (Wildman–Crippen MR) is 90.2 cm³/mol. The van der Waals surface area contributed by atoms with Gasteiger partial charge in [0.05, 0.1) is 0 Å². The summed E-state index contributed by atoms with van der Waals surface area (Å²) in [6, 6.07) is 18.5. The second-order valence-electron chi connectivity index (χ2n) is 5.15. The molecule has 3 aromatic rings. The minimum Gasteiger partial charge on any atom is -0.336 e. The van der Waals surface area contributed by atoms with Crippen LogP contribution in [-0.4, -0.2) is 14.9 Å². The highest BCUT2D eigenvalue weighted by Gasteiger charge is 2.11. The number of aryl methyl sites for hydroxylation is 1. The zero-order chi connectivity index (χ0) is 15.4. The van der Waals surface area contributed by atoms with Crippen LogP contribution in [0.3, 0.4) is 0 Å². The maximum Gasteiger partial charge on any atom is 0.210 e. The first-order valence-corrected chi connectivity index (χ1v) is 8.13. The summed E-state index contributed by atoms with van der Waals surface area (Å²) in [7, 11) is 0. The zero-order valence-electron chi connectivity index (χ0n) is 12.4. The van der Waals surface area contributed by atoms with Gasteiger partial charge in [0.1, 0.15) is 0 Å². The lowest BCUT2D eigenvalue weighted by Gasteiger charge is -2.06. The van der Waals surface area contributed by atoms with Crippen molar-refractivity contribution < 1.29 is 0 Å². The molecular weight excluding hydrogens is 292 g/mol. The summed E-state index contributed by atoms with van der Waals surface area (Å²) in [6.07, 6.45) is 0.690. The van der Waals surface area contributed by atoms with Crippen LogP contribution in [0.15, 0.2) is 59.8 Å². The van der Waals surface area contributed by atoms with Gasteiger partial charge < -0.3 is 5.84 Å². The summed E-state index contributed by atoms with van der Waals surface area (Å²) < 4.78 is 1.59. The smallest absolute Gasteiger partial charge is 0.210 e. The van der Waals surface area contributed by atoms with E-state index < -0.39 is 0 Å². The second kappa shape index (κ2) is 6.66. The molecule has 0 radical (unpaired) electrons. The fourth-order valence-corrected chi connectivity index (χ4v) is 3.17. The molecule has 1 heterocycles. The van der Waals surface area contributed by atoms with Crippen molar-refractivity contribution in [3.63, 3.8) is 0 Å². The number of nitrogen functional groups attached to an aromatic ring is 1. The number of hydrogen-bond donors (Lipinski definition) is 1. The van der Waals surface area contributed by atoms with Crippen molar-refractivity contribution in [2.75, 3.05) is 5.84 Å². The van der Waals surface area contributed by atoms with E-state index in [4.69, 9.17) is 5.84 Å². The largest absolute Gasteiger partial charge is 0.336 e. The van der Waals surface area contributed by atoms with Crippen LogP contribution < -0.4 is 5.84 Å². The molecule has 22 heavy (non-hydrogen) atoms. The number of nitrogens with two attached hydrogens (primary N) is 1. The monoisotopic (exact) mass is 310 g/mol. The molecule has 0 aliphatic carbocycles. The first kappa shape index (κ1) is 14.7. The van der Waals surface area contributed by atoms with Crippen LogP contribution in [0.5, 0.6) is 0 Å². The molecule has 0 amide bonds. The maximum absolute atomic E-state index is 6.12. The summed E-state index contributed by atoms with van der Waals surface area (Å²) in [5, 5.41) is 9.17. The first-order chi connectivity index (χ1) is 10.7. The van der Waals surface area contributed by atoms with Crippen LogP contribution in [0, 0.1) is 6.92 Å². The van der Waals surface area contributed by atoms with Crippen LogP contribution in [0.1, 0.15) is 22.5 Å². The highest BCUT2D eigenvalue weighted by atomic mass is 32.2. The Balaban J connectivity index is 1.70. The Morgan fingerprint density at radius 3 is 2.50 bits per heavy atom. The molecular formula is C17H18N4S. The van der Waals surface area contributed by atoms with E-state index in [0.717, 1.165) is 16.7 Å². The van der Waals surface area contributed by atoms with Crippen LogP contribution >= 0.6 is 11.8 Å². The van der Waals surface area contributed by atoms with Crippen LogP contribution in [-0.2, 0) is 12.2 Å². The topological polar surface area (TPSA) is 56.7 Å². The van der Waals surface area contributed by atoms with Crippen molar-refractivity contribution in [3.8, 4) is 0 Å². The Hall–Kier alpha value is -2.27.